The number of hydrogen-bond acceptors (Lipinski definition) is 4. The molecule has 0 fully saturated rings. The summed E-state index contributed by atoms with van der Waals surface area (Å²) in [5, 5.41) is 14.6. The Hall–Kier alpha value is -2.70. The van der Waals surface area contributed by atoms with Gasteiger partial charge in [-0.15, -0.1) is 0 Å². The fraction of sp³-hybridized carbons (Fsp3) is 0.231. The van der Waals surface area contributed by atoms with E-state index in [-0.39, 0.29) is 5.91 Å². The number of fused-ring (bicyclic) bond motifs is 1. The predicted molar refractivity (Wildman–Crippen MR) is 73.0 cm³/mol. The fourth-order valence-electron chi connectivity index (χ4n) is 2.03. The third-order valence-electron chi connectivity index (χ3n) is 3.06. The topological polar surface area (TPSA) is 90.6 Å². The molecule has 2 aromatic heterocycles. The first kappa shape index (κ1) is 12.3. The molecule has 1 aromatic carbocycles. The van der Waals surface area contributed by atoms with Crippen molar-refractivity contribution in [3.63, 3.8) is 0 Å². The van der Waals surface area contributed by atoms with E-state index in [1.54, 1.807) is 30.3 Å². The number of H-pyrrole nitrogens is 2. The third kappa shape index (κ3) is 2.25. The van der Waals surface area contributed by atoms with Crippen LogP contribution in [0.2, 0.25) is 0 Å². The maximum absolute atomic E-state index is 12.3. The average molecular weight is 270 g/mol. The number of amides is 1. The first-order valence-corrected chi connectivity index (χ1v) is 6.20. The number of rotatable bonds is 3. The number of aromatic nitrogens is 5. The van der Waals surface area contributed by atoms with Crippen molar-refractivity contribution >= 4 is 16.8 Å². The lowest BCUT2D eigenvalue weighted by molar-refractivity contribution is 0.0782. The minimum absolute atomic E-state index is 0.0797. The standard InChI is InChI=1S/C13H14N6O/c1-8-15-12(18-16-8)7-19(2)13(20)9-3-4-10-6-14-17-11(10)5-9/h3-6H,7H2,1-2H3,(H,14,17)(H,15,16,18). The maximum Gasteiger partial charge on any atom is 0.254 e. The normalized spacial score (nSPS) is 10.9. The average Bonchev–Trinajstić information content (AvgIpc) is 3.05. The van der Waals surface area contributed by atoms with Gasteiger partial charge in [-0.3, -0.25) is 15.0 Å². The van der Waals surface area contributed by atoms with Crippen molar-refractivity contribution in [3.8, 4) is 0 Å². The largest absolute Gasteiger partial charge is 0.334 e. The molecule has 0 aliphatic rings. The van der Waals surface area contributed by atoms with Gasteiger partial charge in [-0.05, 0) is 19.1 Å². The number of carbonyl (C=O) groups is 1. The van der Waals surface area contributed by atoms with E-state index in [1.165, 1.54) is 0 Å². The van der Waals surface area contributed by atoms with Crippen molar-refractivity contribution in [2.45, 2.75) is 13.5 Å². The van der Waals surface area contributed by atoms with Gasteiger partial charge in [-0.2, -0.15) is 10.2 Å². The summed E-state index contributed by atoms with van der Waals surface area (Å²) in [5.41, 5.74) is 1.45. The Kier molecular flexibility index (Phi) is 2.94. The molecule has 0 aliphatic carbocycles. The van der Waals surface area contributed by atoms with Crippen molar-refractivity contribution in [1.82, 2.24) is 30.3 Å². The zero-order chi connectivity index (χ0) is 14.1. The molecule has 2 heterocycles. The summed E-state index contributed by atoms with van der Waals surface area (Å²) in [6.07, 6.45) is 1.73. The molecule has 20 heavy (non-hydrogen) atoms. The predicted octanol–water partition coefficient (Wildman–Crippen LogP) is 1.26. The first-order chi connectivity index (χ1) is 9.63. The second-order valence-corrected chi connectivity index (χ2v) is 4.67. The zero-order valence-corrected chi connectivity index (χ0v) is 11.2. The molecule has 3 rings (SSSR count). The highest BCUT2D eigenvalue weighted by molar-refractivity contribution is 5.97. The summed E-state index contributed by atoms with van der Waals surface area (Å²) in [5.74, 6) is 1.25. The maximum atomic E-state index is 12.3. The Bertz CT molecular complexity index is 759. The molecule has 0 saturated heterocycles. The Morgan fingerprint density at radius 2 is 2.20 bits per heavy atom. The molecule has 0 aliphatic heterocycles. The fourth-order valence-corrected chi connectivity index (χ4v) is 2.03. The van der Waals surface area contributed by atoms with E-state index in [1.807, 2.05) is 13.0 Å². The van der Waals surface area contributed by atoms with Crippen molar-refractivity contribution < 1.29 is 4.79 Å². The minimum Gasteiger partial charge on any atom is -0.334 e. The Labute approximate surface area is 115 Å². The van der Waals surface area contributed by atoms with Crippen LogP contribution in [0.5, 0.6) is 0 Å². The lowest BCUT2D eigenvalue weighted by Gasteiger charge is -2.15. The molecule has 2 N–H and O–H groups in total. The van der Waals surface area contributed by atoms with Gasteiger partial charge in [0.05, 0.1) is 18.3 Å². The van der Waals surface area contributed by atoms with E-state index in [0.29, 0.717) is 17.9 Å². The molecule has 0 spiro atoms. The van der Waals surface area contributed by atoms with Crippen LogP contribution in [0.15, 0.2) is 24.4 Å². The van der Waals surface area contributed by atoms with Crippen molar-refractivity contribution in [2.24, 2.45) is 0 Å². The number of aryl methyl sites for hydroxylation is 1. The third-order valence-corrected chi connectivity index (χ3v) is 3.06. The van der Waals surface area contributed by atoms with Crippen LogP contribution in [0, 0.1) is 6.92 Å². The highest BCUT2D eigenvalue weighted by Crippen LogP contribution is 2.14. The number of nitrogens with one attached hydrogen (secondary N) is 2. The van der Waals surface area contributed by atoms with E-state index in [0.717, 1.165) is 16.7 Å². The number of carbonyl (C=O) groups excluding carboxylic acids is 1. The van der Waals surface area contributed by atoms with Crippen LogP contribution >= 0.6 is 0 Å². The summed E-state index contributed by atoms with van der Waals surface area (Å²) in [4.78, 5) is 18.1. The minimum atomic E-state index is -0.0797. The van der Waals surface area contributed by atoms with Gasteiger partial charge in [0, 0.05) is 18.0 Å². The summed E-state index contributed by atoms with van der Waals surface area (Å²) in [6, 6.07) is 5.46. The smallest absolute Gasteiger partial charge is 0.254 e. The van der Waals surface area contributed by atoms with Gasteiger partial charge < -0.3 is 4.90 Å². The van der Waals surface area contributed by atoms with Gasteiger partial charge >= 0.3 is 0 Å². The van der Waals surface area contributed by atoms with E-state index in [9.17, 15) is 4.79 Å². The Morgan fingerprint density at radius 1 is 1.35 bits per heavy atom. The van der Waals surface area contributed by atoms with Gasteiger partial charge in [0.25, 0.3) is 5.91 Å². The van der Waals surface area contributed by atoms with Crippen molar-refractivity contribution in [2.75, 3.05) is 7.05 Å². The van der Waals surface area contributed by atoms with Gasteiger partial charge in [-0.1, -0.05) is 6.07 Å². The molecule has 0 unspecified atom stereocenters. The van der Waals surface area contributed by atoms with Crippen LogP contribution in [0.4, 0.5) is 0 Å². The lowest BCUT2D eigenvalue weighted by Crippen LogP contribution is -2.26. The van der Waals surface area contributed by atoms with Crippen LogP contribution in [-0.4, -0.2) is 43.2 Å². The molecule has 3 aromatic rings. The molecule has 102 valence electrons. The van der Waals surface area contributed by atoms with Crippen LogP contribution in [0.3, 0.4) is 0 Å². The molecule has 1 amide bonds. The lowest BCUT2D eigenvalue weighted by atomic mass is 10.1. The van der Waals surface area contributed by atoms with Gasteiger partial charge in [-0.25, -0.2) is 4.98 Å². The first-order valence-electron chi connectivity index (χ1n) is 6.20. The van der Waals surface area contributed by atoms with Crippen LogP contribution in [0.25, 0.3) is 10.9 Å². The number of benzene rings is 1. The van der Waals surface area contributed by atoms with E-state index < -0.39 is 0 Å². The molecular formula is C13H14N6O. The van der Waals surface area contributed by atoms with Crippen molar-refractivity contribution in [1.29, 1.82) is 0 Å². The highest BCUT2D eigenvalue weighted by atomic mass is 16.2. The summed E-state index contributed by atoms with van der Waals surface area (Å²) in [6.45, 7) is 2.19. The van der Waals surface area contributed by atoms with Crippen LogP contribution < -0.4 is 0 Å². The van der Waals surface area contributed by atoms with Crippen LogP contribution in [-0.2, 0) is 6.54 Å². The van der Waals surface area contributed by atoms with Gasteiger partial charge in [0.1, 0.15) is 5.82 Å². The molecule has 7 nitrogen and oxygen atoms in total. The molecule has 0 radical (unpaired) electrons. The molecule has 0 atom stereocenters. The van der Waals surface area contributed by atoms with Crippen LogP contribution in [0.1, 0.15) is 22.0 Å². The van der Waals surface area contributed by atoms with Gasteiger partial charge in [0.2, 0.25) is 0 Å². The molecule has 0 bridgehead atoms. The van der Waals surface area contributed by atoms with E-state index in [2.05, 4.69) is 25.4 Å². The molecular weight excluding hydrogens is 256 g/mol. The monoisotopic (exact) mass is 270 g/mol. The molecule has 7 heteroatoms. The Balaban J connectivity index is 1.80. The summed E-state index contributed by atoms with van der Waals surface area (Å²) >= 11 is 0. The Morgan fingerprint density at radius 3 is 2.95 bits per heavy atom. The highest BCUT2D eigenvalue weighted by Gasteiger charge is 2.14. The van der Waals surface area contributed by atoms with Crippen molar-refractivity contribution in [3.05, 3.63) is 41.6 Å². The number of hydrogen-bond donors (Lipinski definition) is 2. The SMILES string of the molecule is Cc1nc(CN(C)C(=O)c2ccc3cn[nH]c3c2)n[nH]1. The van der Waals surface area contributed by atoms with Gasteiger partial charge in [0.15, 0.2) is 5.82 Å². The zero-order valence-electron chi connectivity index (χ0n) is 11.2. The second-order valence-electron chi connectivity index (χ2n) is 4.67. The number of aromatic amines is 2. The second kappa shape index (κ2) is 4.76. The summed E-state index contributed by atoms with van der Waals surface area (Å²) < 4.78 is 0. The quantitative estimate of drug-likeness (QED) is 0.749. The van der Waals surface area contributed by atoms with E-state index in [4.69, 9.17) is 0 Å². The summed E-state index contributed by atoms with van der Waals surface area (Å²) in [7, 11) is 1.73. The number of nitrogens with zero attached hydrogens (tertiary/aromatic N) is 4. The van der Waals surface area contributed by atoms with E-state index >= 15 is 0 Å². The molecule has 0 saturated carbocycles.